The molecule has 160 valence electrons. The molecule has 0 spiro atoms. The van der Waals surface area contributed by atoms with Crippen LogP contribution in [0, 0.1) is 15.5 Å². The molecule has 0 radical (unpaired) electrons. The van der Waals surface area contributed by atoms with Gasteiger partial charge in [0.05, 0.1) is 12.0 Å². The van der Waals surface area contributed by atoms with Gasteiger partial charge in [-0.05, 0) is 24.0 Å². The topological polar surface area (TPSA) is 89.8 Å². The molecule has 7 nitrogen and oxygen atoms in total. The number of Topliss-reactive ketones (excluding diaryl/α,β-unsaturated/α-hetero) is 1. The summed E-state index contributed by atoms with van der Waals surface area (Å²) in [6.07, 6.45) is 0.866. The Bertz CT molecular complexity index is 1120. The molecule has 7 heteroatoms. The fraction of sp³-hybridized carbons (Fsp3) is 0.333. The largest absolute Gasteiger partial charge is 0.496 e. The minimum atomic E-state index is -0.495. The summed E-state index contributed by atoms with van der Waals surface area (Å²) in [6.45, 7) is 3.95. The van der Waals surface area contributed by atoms with E-state index in [1.807, 2.05) is 38.1 Å². The van der Waals surface area contributed by atoms with E-state index < -0.39 is 10.8 Å². The summed E-state index contributed by atoms with van der Waals surface area (Å²) in [7, 11) is 1.56. The zero-order valence-electron chi connectivity index (χ0n) is 17.8. The second-order valence-electron chi connectivity index (χ2n) is 8.77. The van der Waals surface area contributed by atoms with Crippen LogP contribution in [0.4, 0.5) is 11.4 Å². The maximum absolute atomic E-state index is 13.4. The maximum atomic E-state index is 13.4. The average Bonchev–Trinajstić information content (AvgIpc) is 2.72. The Morgan fingerprint density at radius 3 is 2.45 bits per heavy atom. The van der Waals surface area contributed by atoms with Crippen LogP contribution >= 0.6 is 0 Å². The summed E-state index contributed by atoms with van der Waals surface area (Å²) in [4.78, 5) is 39.4. The normalized spacial score (nSPS) is 20.5. The molecular weight excluding hydrogens is 396 g/mol. The van der Waals surface area contributed by atoms with Crippen LogP contribution in [0.25, 0.3) is 0 Å². The van der Waals surface area contributed by atoms with E-state index in [0.717, 1.165) is 5.56 Å². The Morgan fingerprint density at radius 2 is 1.74 bits per heavy atom. The van der Waals surface area contributed by atoms with Crippen LogP contribution in [0.15, 0.2) is 59.8 Å². The van der Waals surface area contributed by atoms with Crippen molar-refractivity contribution in [3.63, 3.8) is 0 Å². The average molecular weight is 420 g/mol. The molecule has 0 aromatic heterocycles. The SMILES string of the molecule is COc1ccccc1C1CC(=O)N(c2ccccc2[N+](=O)[O-])C2=C1C(=O)CC(C)(C)C2. The van der Waals surface area contributed by atoms with Gasteiger partial charge in [-0.25, -0.2) is 0 Å². The number of hydrogen-bond acceptors (Lipinski definition) is 5. The first-order valence-corrected chi connectivity index (χ1v) is 10.2. The molecule has 31 heavy (non-hydrogen) atoms. The number of rotatable bonds is 4. The molecule has 0 bridgehead atoms. The summed E-state index contributed by atoms with van der Waals surface area (Å²) in [5.74, 6) is -0.127. The number of hydrogen-bond donors (Lipinski definition) is 0. The van der Waals surface area contributed by atoms with E-state index >= 15 is 0 Å². The maximum Gasteiger partial charge on any atom is 0.293 e. The fourth-order valence-corrected chi connectivity index (χ4v) is 4.72. The van der Waals surface area contributed by atoms with Crippen molar-refractivity contribution in [2.24, 2.45) is 5.41 Å². The summed E-state index contributed by atoms with van der Waals surface area (Å²) in [5, 5.41) is 11.7. The van der Waals surface area contributed by atoms with Gasteiger partial charge < -0.3 is 4.74 Å². The summed E-state index contributed by atoms with van der Waals surface area (Å²) in [5.41, 5.74) is 1.58. The van der Waals surface area contributed by atoms with Crippen molar-refractivity contribution < 1.29 is 19.2 Å². The second kappa shape index (κ2) is 7.65. The zero-order chi connectivity index (χ0) is 22.3. The summed E-state index contributed by atoms with van der Waals surface area (Å²) in [6, 6.07) is 13.6. The van der Waals surface area contributed by atoms with Gasteiger partial charge in [-0.15, -0.1) is 0 Å². The number of benzene rings is 2. The van der Waals surface area contributed by atoms with E-state index in [9.17, 15) is 19.7 Å². The number of allylic oxidation sites excluding steroid dienone is 2. The molecule has 2 aromatic rings. The van der Waals surface area contributed by atoms with Crippen LogP contribution in [0.5, 0.6) is 5.75 Å². The van der Waals surface area contributed by atoms with Gasteiger partial charge in [0.15, 0.2) is 5.78 Å². The van der Waals surface area contributed by atoms with Crippen molar-refractivity contribution in [2.75, 3.05) is 12.0 Å². The first-order chi connectivity index (χ1) is 14.7. The number of ketones is 1. The predicted octanol–water partition coefficient (Wildman–Crippen LogP) is 4.77. The number of para-hydroxylation sites is 3. The van der Waals surface area contributed by atoms with Crippen LogP contribution in [-0.2, 0) is 9.59 Å². The first kappa shape index (κ1) is 20.8. The number of ether oxygens (including phenoxy) is 1. The zero-order valence-corrected chi connectivity index (χ0v) is 17.8. The number of nitro benzene ring substituents is 1. The lowest BCUT2D eigenvalue weighted by Crippen LogP contribution is -2.44. The number of nitrogens with zero attached hydrogens (tertiary/aromatic N) is 2. The van der Waals surface area contributed by atoms with E-state index in [1.165, 1.54) is 11.0 Å². The Labute approximate surface area is 180 Å². The Balaban J connectivity index is 1.96. The number of amides is 1. The molecule has 0 fully saturated rings. The van der Waals surface area contributed by atoms with E-state index in [2.05, 4.69) is 0 Å². The number of carbonyl (C=O) groups excluding carboxylic acids is 2. The molecule has 2 aliphatic rings. The van der Waals surface area contributed by atoms with E-state index in [1.54, 1.807) is 25.3 Å². The van der Waals surface area contributed by atoms with Crippen molar-refractivity contribution in [3.8, 4) is 5.75 Å². The van der Waals surface area contributed by atoms with E-state index in [-0.39, 0.29) is 34.9 Å². The molecule has 0 N–H and O–H groups in total. The van der Waals surface area contributed by atoms with E-state index in [4.69, 9.17) is 4.74 Å². The molecule has 1 atom stereocenters. The highest BCUT2D eigenvalue weighted by atomic mass is 16.6. The molecule has 1 heterocycles. The van der Waals surface area contributed by atoms with Crippen LogP contribution in [-0.4, -0.2) is 23.7 Å². The molecule has 0 saturated carbocycles. The van der Waals surface area contributed by atoms with Crippen molar-refractivity contribution in [1.29, 1.82) is 0 Å². The Kier molecular flexibility index (Phi) is 5.13. The monoisotopic (exact) mass is 420 g/mol. The van der Waals surface area contributed by atoms with Gasteiger partial charge in [0.2, 0.25) is 5.91 Å². The lowest BCUT2D eigenvalue weighted by atomic mass is 9.69. The molecule has 2 aromatic carbocycles. The van der Waals surface area contributed by atoms with E-state index in [0.29, 0.717) is 29.9 Å². The third-order valence-electron chi connectivity index (χ3n) is 5.98. The third-order valence-corrected chi connectivity index (χ3v) is 5.98. The molecule has 1 unspecified atom stereocenters. The number of carbonyl (C=O) groups is 2. The van der Waals surface area contributed by atoms with Crippen LogP contribution in [0.2, 0.25) is 0 Å². The smallest absolute Gasteiger partial charge is 0.293 e. The molecule has 1 amide bonds. The van der Waals surface area contributed by atoms with Crippen molar-refractivity contribution >= 4 is 23.1 Å². The minimum Gasteiger partial charge on any atom is -0.496 e. The summed E-state index contributed by atoms with van der Waals surface area (Å²) < 4.78 is 5.50. The molecule has 0 saturated heterocycles. The van der Waals surface area contributed by atoms with Gasteiger partial charge in [0.1, 0.15) is 11.4 Å². The van der Waals surface area contributed by atoms with Gasteiger partial charge in [0, 0.05) is 41.7 Å². The van der Waals surface area contributed by atoms with Crippen molar-refractivity contribution in [2.45, 2.75) is 39.0 Å². The van der Waals surface area contributed by atoms with Gasteiger partial charge in [-0.2, -0.15) is 0 Å². The van der Waals surface area contributed by atoms with Gasteiger partial charge >= 0.3 is 0 Å². The van der Waals surface area contributed by atoms with Crippen LogP contribution in [0.1, 0.15) is 44.6 Å². The molecule has 4 rings (SSSR count). The molecule has 1 aliphatic carbocycles. The molecular formula is C24H24N2O5. The highest BCUT2D eigenvalue weighted by Gasteiger charge is 2.46. The van der Waals surface area contributed by atoms with Crippen molar-refractivity contribution in [1.82, 2.24) is 0 Å². The van der Waals surface area contributed by atoms with Crippen molar-refractivity contribution in [3.05, 3.63) is 75.5 Å². The predicted molar refractivity (Wildman–Crippen MR) is 116 cm³/mol. The quantitative estimate of drug-likeness (QED) is 0.525. The lowest BCUT2D eigenvalue weighted by molar-refractivity contribution is -0.384. The first-order valence-electron chi connectivity index (χ1n) is 10.2. The number of methoxy groups -OCH3 is 1. The van der Waals surface area contributed by atoms with Gasteiger partial charge in [-0.3, -0.25) is 24.6 Å². The number of nitro groups is 1. The van der Waals surface area contributed by atoms with Crippen LogP contribution in [0.3, 0.4) is 0 Å². The van der Waals surface area contributed by atoms with Crippen LogP contribution < -0.4 is 9.64 Å². The van der Waals surface area contributed by atoms with Gasteiger partial charge in [0.25, 0.3) is 5.69 Å². The second-order valence-corrected chi connectivity index (χ2v) is 8.77. The van der Waals surface area contributed by atoms with Gasteiger partial charge in [-0.1, -0.05) is 44.2 Å². The Hall–Kier alpha value is -3.48. The number of anilines is 1. The molecule has 1 aliphatic heterocycles. The standard InChI is InChI=1S/C24H24N2O5/c1-24(2)13-19-23(20(27)14-24)16(15-8-4-7-11-21(15)31-3)12-22(28)25(19)17-9-5-6-10-18(17)26(29)30/h4-11,16H,12-14H2,1-3H3. The lowest BCUT2D eigenvalue weighted by Gasteiger charge is -2.42. The Morgan fingerprint density at radius 1 is 1.06 bits per heavy atom. The summed E-state index contributed by atoms with van der Waals surface area (Å²) >= 11 is 0. The fourth-order valence-electron chi connectivity index (χ4n) is 4.72. The highest BCUT2D eigenvalue weighted by Crippen LogP contribution is 2.50. The third kappa shape index (κ3) is 3.60. The minimum absolute atomic E-state index is 0.0294. The highest BCUT2D eigenvalue weighted by molar-refractivity contribution is 6.08.